The minimum atomic E-state index is -0.458. The minimum absolute atomic E-state index is 0.340. The molecule has 0 N–H and O–H groups in total. The van der Waals surface area contributed by atoms with Crippen LogP contribution in [0.15, 0.2) is 70.3 Å². The number of rotatable bonds is 0. The lowest BCUT2D eigenvalue weighted by molar-refractivity contribution is 0.629. The van der Waals surface area contributed by atoms with Crippen molar-refractivity contribution in [1.29, 1.82) is 0 Å². The predicted octanol–water partition coefficient (Wildman–Crippen LogP) is 4.62. The highest BCUT2D eigenvalue weighted by molar-refractivity contribution is 6.27. The molecule has 8 heteroatoms. The molecule has 160 valence electrons. The maximum absolute atomic E-state index is 14.0. The second-order valence-electron chi connectivity index (χ2n) is 8.49. The number of pyridine rings is 2. The maximum Gasteiger partial charge on any atom is 0.264 e. The fraction of sp³-hybridized carbons (Fsp3) is 0. The van der Waals surface area contributed by atoms with Crippen LogP contribution in [0.3, 0.4) is 0 Å². The molecule has 0 aliphatic carbocycles. The van der Waals surface area contributed by atoms with Crippen LogP contribution in [0.2, 0.25) is 0 Å². The fourth-order valence-corrected chi connectivity index (χ4v) is 5.33. The number of imidazole rings is 2. The Bertz CT molecular complexity index is 2140. The first kappa shape index (κ1) is 17.8. The highest BCUT2D eigenvalue weighted by atomic mass is 19.1. The van der Waals surface area contributed by atoms with E-state index < -0.39 is 11.6 Å². The Hall–Kier alpha value is -4.72. The summed E-state index contributed by atoms with van der Waals surface area (Å²) in [5.41, 5.74) is 1.90. The first-order valence-corrected chi connectivity index (χ1v) is 10.6. The summed E-state index contributed by atoms with van der Waals surface area (Å²) in [5, 5.41) is 3.37. The van der Waals surface area contributed by atoms with E-state index in [-0.39, 0.29) is 11.1 Å². The number of nitrogens with zero attached hydrogens (tertiary/aromatic N) is 4. The van der Waals surface area contributed by atoms with Crippen molar-refractivity contribution in [3.63, 3.8) is 0 Å². The number of benzene rings is 4. The summed E-state index contributed by atoms with van der Waals surface area (Å²) in [6.45, 7) is 0. The van der Waals surface area contributed by atoms with Crippen molar-refractivity contribution >= 4 is 65.7 Å². The van der Waals surface area contributed by atoms with Crippen LogP contribution in [0.4, 0.5) is 8.78 Å². The van der Waals surface area contributed by atoms with Gasteiger partial charge in [0.1, 0.15) is 22.9 Å². The molecular weight excluding hydrogens is 438 g/mol. The summed E-state index contributed by atoms with van der Waals surface area (Å²) in [6, 6.07) is 15.2. The Morgan fingerprint density at radius 2 is 0.971 bits per heavy atom. The van der Waals surface area contributed by atoms with E-state index in [1.54, 1.807) is 24.3 Å². The molecule has 0 spiro atoms. The van der Waals surface area contributed by atoms with E-state index in [9.17, 15) is 18.4 Å². The van der Waals surface area contributed by atoms with Crippen LogP contribution in [0, 0.1) is 11.6 Å². The van der Waals surface area contributed by atoms with Gasteiger partial charge in [-0.25, -0.2) is 18.7 Å². The lowest BCUT2D eigenvalue weighted by Gasteiger charge is -2.12. The van der Waals surface area contributed by atoms with E-state index >= 15 is 0 Å². The van der Waals surface area contributed by atoms with Crippen molar-refractivity contribution in [2.24, 2.45) is 0 Å². The molecule has 0 aliphatic heterocycles. The third-order valence-corrected chi connectivity index (χ3v) is 6.74. The molecule has 0 amide bonds. The van der Waals surface area contributed by atoms with E-state index in [1.165, 1.54) is 33.1 Å². The third kappa shape index (κ3) is 1.91. The topological polar surface area (TPSA) is 68.7 Å². The van der Waals surface area contributed by atoms with Crippen LogP contribution in [0.5, 0.6) is 0 Å². The molecule has 8 rings (SSSR count). The van der Waals surface area contributed by atoms with Crippen molar-refractivity contribution in [2.75, 3.05) is 0 Å². The average molecular weight is 448 g/mol. The van der Waals surface area contributed by atoms with Crippen LogP contribution in [0.25, 0.3) is 65.7 Å². The van der Waals surface area contributed by atoms with Crippen molar-refractivity contribution in [3.8, 4) is 0 Å². The van der Waals surface area contributed by atoms with E-state index in [0.717, 1.165) is 0 Å². The van der Waals surface area contributed by atoms with Crippen molar-refractivity contribution in [1.82, 2.24) is 18.8 Å². The standard InChI is InChI=1S/C26H10F2N4O2/c27-11-1-7-17-19(9-11)31-23(29-17)13-3-4-14-22-16(6-5-15(21(13)22)25(31)33)26(34)32-20-10-12(28)2-8-18(20)30-24(14)32/h1-10H. The normalized spacial score (nSPS) is 12.6. The summed E-state index contributed by atoms with van der Waals surface area (Å²) in [5.74, 6) is -0.917. The van der Waals surface area contributed by atoms with Crippen molar-refractivity contribution in [3.05, 3.63) is 93.0 Å². The van der Waals surface area contributed by atoms with Gasteiger partial charge < -0.3 is 0 Å². The SMILES string of the molecule is O=c1c2ccc3c(=O)n4c5cc(F)ccc5nc4c4ccc(c2c34)c2nc3ccc(F)cc3n12. The molecule has 0 saturated heterocycles. The average Bonchev–Trinajstić information content (AvgIpc) is 3.39. The molecule has 4 heterocycles. The van der Waals surface area contributed by atoms with Crippen LogP contribution in [-0.4, -0.2) is 18.8 Å². The molecule has 34 heavy (non-hydrogen) atoms. The second-order valence-corrected chi connectivity index (χ2v) is 8.49. The number of hydrogen-bond acceptors (Lipinski definition) is 4. The molecule has 4 aromatic heterocycles. The van der Waals surface area contributed by atoms with E-state index in [4.69, 9.17) is 0 Å². The van der Waals surface area contributed by atoms with Gasteiger partial charge >= 0.3 is 0 Å². The van der Waals surface area contributed by atoms with Crippen molar-refractivity contribution in [2.45, 2.75) is 0 Å². The van der Waals surface area contributed by atoms with Crippen LogP contribution in [0.1, 0.15) is 0 Å². The van der Waals surface area contributed by atoms with Gasteiger partial charge in [0.05, 0.1) is 22.1 Å². The molecule has 0 aliphatic rings. The van der Waals surface area contributed by atoms with E-state index in [1.807, 2.05) is 12.1 Å². The van der Waals surface area contributed by atoms with Gasteiger partial charge in [0.2, 0.25) is 0 Å². The molecule has 4 aromatic carbocycles. The van der Waals surface area contributed by atoms with Gasteiger partial charge in [-0.1, -0.05) is 0 Å². The number of aromatic nitrogens is 4. The molecule has 0 unspecified atom stereocenters. The number of fused-ring (bicyclic) bond motifs is 8. The molecule has 6 nitrogen and oxygen atoms in total. The molecular formula is C26H10F2N4O2. The lowest BCUT2D eigenvalue weighted by atomic mass is 9.96. The zero-order valence-corrected chi connectivity index (χ0v) is 17.1. The summed E-state index contributed by atoms with van der Waals surface area (Å²) in [4.78, 5) is 36.4. The first-order chi connectivity index (χ1) is 16.5. The summed E-state index contributed by atoms with van der Waals surface area (Å²) < 4.78 is 30.8. The molecule has 0 radical (unpaired) electrons. The zero-order valence-electron chi connectivity index (χ0n) is 17.1. The van der Waals surface area contributed by atoms with E-state index in [2.05, 4.69) is 9.97 Å². The highest BCUT2D eigenvalue weighted by Crippen LogP contribution is 2.36. The number of hydrogen-bond donors (Lipinski definition) is 0. The Morgan fingerprint density at radius 1 is 0.559 bits per heavy atom. The van der Waals surface area contributed by atoms with Gasteiger partial charge in [-0.05, 0) is 48.5 Å². The van der Waals surface area contributed by atoms with Gasteiger partial charge in [0.25, 0.3) is 11.1 Å². The molecule has 8 aromatic rings. The Balaban J connectivity index is 1.69. The molecule has 0 fully saturated rings. The van der Waals surface area contributed by atoms with Gasteiger partial charge in [0.15, 0.2) is 0 Å². The maximum atomic E-state index is 14.0. The van der Waals surface area contributed by atoms with Gasteiger partial charge in [-0.3, -0.25) is 18.4 Å². The summed E-state index contributed by atoms with van der Waals surface area (Å²) >= 11 is 0. The molecule has 0 atom stereocenters. The minimum Gasteiger partial charge on any atom is -0.268 e. The van der Waals surface area contributed by atoms with Gasteiger partial charge in [-0.15, -0.1) is 0 Å². The van der Waals surface area contributed by atoms with Crippen LogP contribution < -0.4 is 11.1 Å². The highest BCUT2D eigenvalue weighted by Gasteiger charge is 2.22. The largest absolute Gasteiger partial charge is 0.268 e. The smallest absolute Gasteiger partial charge is 0.264 e. The number of halogens is 2. The summed E-state index contributed by atoms with van der Waals surface area (Å²) in [6.07, 6.45) is 0. The van der Waals surface area contributed by atoms with E-state index in [0.29, 0.717) is 65.7 Å². The summed E-state index contributed by atoms with van der Waals surface area (Å²) in [7, 11) is 0. The lowest BCUT2D eigenvalue weighted by Crippen LogP contribution is -2.16. The quantitative estimate of drug-likeness (QED) is 0.318. The Morgan fingerprint density at radius 3 is 1.41 bits per heavy atom. The molecule has 0 bridgehead atoms. The fourth-order valence-electron chi connectivity index (χ4n) is 5.33. The van der Waals surface area contributed by atoms with Crippen molar-refractivity contribution < 1.29 is 8.78 Å². The zero-order chi connectivity index (χ0) is 22.9. The Kier molecular flexibility index (Phi) is 2.93. The third-order valence-electron chi connectivity index (χ3n) is 6.74. The molecule has 0 saturated carbocycles. The second kappa shape index (κ2) is 5.60. The monoisotopic (exact) mass is 448 g/mol. The van der Waals surface area contributed by atoms with Crippen LogP contribution in [-0.2, 0) is 0 Å². The predicted molar refractivity (Wildman–Crippen MR) is 126 cm³/mol. The first-order valence-electron chi connectivity index (χ1n) is 10.6. The van der Waals surface area contributed by atoms with Gasteiger partial charge in [0, 0.05) is 44.5 Å². The Labute approximate surface area is 186 Å². The van der Waals surface area contributed by atoms with Gasteiger partial charge in [-0.2, -0.15) is 0 Å². The van der Waals surface area contributed by atoms with Crippen LogP contribution >= 0.6 is 0 Å².